The van der Waals surface area contributed by atoms with E-state index in [0.29, 0.717) is 0 Å². The molecule has 98 valence electrons. The van der Waals surface area contributed by atoms with Gasteiger partial charge in [0, 0.05) is 32.8 Å². The predicted molar refractivity (Wildman–Crippen MR) is 73.1 cm³/mol. The van der Waals surface area contributed by atoms with Gasteiger partial charge >= 0.3 is 0 Å². The Morgan fingerprint density at radius 2 is 1.94 bits per heavy atom. The van der Waals surface area contributed by atoms with Crippen LogP contribution in [-0.2, 0) is 0 Å². The zero-order chi connectivity index (χ0) is 11.9. The van der Waals surface area contributed by atoms with E-state index in [4.69, 9.17) is 0 Å². The van der Waals surface area contributed by atoms with Crippen molar-refractivity contribution in [3.8, 4) is 0 Å². The van der Waals surface area contributed by atoms with E-state index in [2.05, 4.69) is 28.1 Å². The van der Waals surface area contributed by atoms with Gasteiger partial charge in [-0.25, -0.2) is 0 Å². The molecule has 2 fully saturated rings. The molecule has 0 aromatic carbocycles. The third kappa shape index (κ3) is 4.41. The van der Waals surface area contributed by atoms with Gasteiger partial charge in [0.2, 0.25) is 0 Å². The molecule has 0 saturated carbocycles. The first-order valence-corrected chi connectivity index (χ1v) is 7.18. The van der Waals surface area contributed by atoms with E-state index in [1.54, 1.807) is 5.57 Å². The van der Waals surface area contributed by atoms with Gasteiger partial charge in [-0.15, -0.1) is 0 Å². The zero-order valence-corrected chi connectivity index (χ0v) is 11.2. The maximum absolute atomic E-state index is 3.40. The Bertz CT molecular complexity index is 238. The van der Waals surface area contributed by atoms with Crippen molar-refractivity contribution < 1.29 is 0 Å². The van der Waals surface area contributed by atoms with Crippen molar-refractivity contribution in [2.75, 3.05) is 45.9 Å². The normalized spacial score (nSPS) is 24.4. The van der Waals surface area contributed by atoms with Crippen molar-refractivity contribution >= 4 is 0 Å². The Kier molecular flexibility index (Phi) is 5.49. The Hall–Kier alpha value is -0.380. The van der Waals surface area contributed by atoms with Crippen molar-refractivity contribution in [2.45, 2.75) is 32.6 Å². The summed E-state index contributed by atoms with van der Waals surface area (Å²) in [6, 6.07) is 0. The lowest BCUT2D eigenvalue weighted by Gasteiger charge is -2.27. The number of piperidine rings is 1. The number of nitrogens with one attached hydrogen (secondary N) is 1. The highest BCUT2D eigenvalue weighted by Crippen LogP contribution is 2.12. The molecule has 0 atom stereocenters. The Labute approximate surface area is 106 Å². The smallest absolute Gasteiger partial charge is 0.0484 e. The van der Waals surface area contributed by atoms with Gasteiger partial charge in [0.1, 0.15) is 0 Å². The van der Waals surface area contributed by atoms with Crippen LogP contribution in [-0.4, -0.2) is 55.7 Å². The minimum Gasteiger partial charge on any atom is -0.303 e. The van der Waals surface area contributed by atoms with Crippen molar-refractivity contribution in [1.29, 1.82) is 0 Å². The van der Waals surface area contributed by atoms with Gasteiger partial charge in [0.05, 0.1) is 0 Å². The third-order valence-corrected chi connectivity index (χ3v) is 3.97. The number of hydrogen-bond donors (Lipinski definition) is 1. The van der Waals surface area contributed by atoms with Gasteiger partial charge < -0.3 is 10.2 Å². The molecule has 0 bridgehead atoms. The van der Waals surface area contributed by atoms with Crippen LogP contribution in [0, 0.1) is 0 Å². The summed E-state index contributed by atoms with van der Waals surface area (Å²) in [5.41, 5.74) is 1.61. The van der Waals surface area contributed by atoms with Crippen LogP contribution in [0.4, 0.5) is 0 Å². The van der Waals surface area contributed by atoms with Gasteiger partial charge in [0.25, 0.3) is 0 Å². The lowest BCUT2D eigenvalue weighted by Crippen LogP contribution is -2.32. The van der Waals surface area contributed by atoms with Crippen molar-refractivity contribution in [2.24, 2.45) is 0 Å². The molecule has 2 aliphatic rings. The number of hydrogen-bond acceptors (Lipinski definition) is 3. The second kappa shape index (κ2) is 7.14. The van der Waals surface area contributed by atoms with Crippen LogP contribution in [0.5, 0.6) is 0 Å². The highest BCUT2D eigenvalue weighted by atomic mass is 15.3. The SMILES string of the molecule is CC=C(CCN1CCCCC1)CN1CCNC1. The Balaban J connectivity index is 1.67. The minimum absolute atomic E-state index is 1.07. The van der Waals surface area contributed by atoms with E-state index < -0.39 is 0 Å². The first-order valence-electron chi connectivity index (χ1n) is 7.18. The maximum Gasteiger partial charge on any atom is 0.0484 e. The van der Waals surface area contributed by atoms with Crippen LogP contribution in [0.1, 0.15) is 32.6 Å². The molecular formula is C14H27N3. The summed E-state index contributed by atoms with van der Waals surface area (Å²) in [7, 11) is 0. The van der Waals surface area contributed by atoms with Gasteiger partial charge in [-0.2, -0.15) is 0 Å². The number of allylic oxidation sites excluding steroid dienone is 1. The average Bonchev–Trinajstić information content (AvgIpc) is 2.88. The first-order chi connectivity index (χ1) is 8.38. The standard InChI is InChI=1S/C14H27N3/c1-2-14(12-17-11-7-15-13-17)6-10-16-8-4-3-5-9-16/h2,15H,3-13H2,1H3. The Morgan fingerprint density at radius 1 is 1.12 bits per heavy atom. The highest BCUT2D eigenvalue weighted by molar-refractivity contribution is 5.04. The van der Waals surface area contributed by atoms with E-state index in [1.807, 2.05) is 0 Å². The molecule has 0 aromatic heterocycles. The molecular weight excluding hydrogens is 210 g/mol. The average molecular weight is 237 g/mol. The van der Waals surface area contributed by atoms with E-state index >= 15 is 0 Å². The van der Waals surface area contributed by atoms with Gasteiger partial charge in [-0.05, 0) is 39.3 Å². The van der Waals surface area contributed by atoms with Gasteiger partial charge in [-0.3, -0.25) is 4.90 Å². The van der Waals surface area contributed by atoms with Crippen LogP contribution in [0.2, 0.25) is 0 Å². The second-order valence-electron chi connectivity index (χ2n) is 5.31. The molecule has 0 radical (unpaired) electrons. The molecule has 2 rings (SSSR count). The van der Waals surface area contributed by atoms with Gasteiger partial charge in [-0.1, -0.05) is 18.1 Å². The molecule has 0 unspecified atom stereocenters. The Morgan fingerprint density at radius 3 is 2.59 bits per heavy atom. The third-order valence-electron chi connectivity index (χ3n) is 3.97. The lowest BCUT2D eigenvalue weighted by molar-refractivity contribution is 0.229. The summed E-state index contributed by atoms with van der Waals surface area (Å²) < 4.78 is 0. The van der Waals surface area contributed by atoms with Crippen LogP contribution in [0.15, 0.2) is 11.6 Å². The fourth-order valence-corrected chi connectivity index (χ4v) is 2.77. The quantitative estimate of drug-likeness (QED) is 0.734. The molecule has 3 nitrogen and oxygen atoms in total. The van der Waals surface area contributed by atoms with Crippen LogP contribution in [0.25, 0.3) is 0 Å². The molecule has 2 saturated heterocycles. The van der Waals surface area contributed by atoms with E-state index in [0.717, 1.165) is 19.8 Å². The topological polar surface area (TPSA) is 18.5 Å². The molecule has 0 aliphatic carbocycles. The molecule has 3 heteroatoms. The molecule has 2 heterocycles. The van der Waals surface area contributed by atoms with E-state index in [9.17, 15) is 0 Å². The second-order valence-corrected chi connectivity index (χ2v) is 5.31. The summed E-state index contributed by atoms with van der Waals surface area (Å²) in [4.78, 5) is 5.14. The summed E-state index contributed by atoms with van der Waals surface area (Å²) >= 11 is 0. The monoisotopic (exact) mass is 237 g/mol. The summed E-state index contributed by atoms with van der Waals surface area (Å²) in [6.45, 7) is 10.7. The van der Waals surface area contributed by atoms with Crippen molar-refractivity contribution in [3.05, 3.63) is 11.6 Å². The van der Waals surface area contributed by atoms with Crippen LogP contribution in [0.3, 0.4) is 0 Å². The molecule has 1 N–H and O–H groups in total. The summed E-state index contributed by atoms with van der Waals surface area (Å²) in [5.74, 6) is 0. The lowest BCUT2D eigenvalue weighted by atomic mass is 10.1. The molecule has 0 aromatic rings. The van der Waals surface area contributed by atoms with Crippen LogP contribution < -0.4 is 5.32 Å². The number of rotatable bonds is 5. The fraction of sp³-hybridized carbons (Fsp3) is 0.857. The first kappa shape index (κ1) is 13.1. The minimum atomic E-state index is 1.07. The molecule has 17 heavy (non-hydrogen) atoms. The number of likely N-dealkylation sites (tertiary alicyclic amines) is 1. The predicted octanol–water partition coefficient (Wildman–Crippen LogP) is 1.67. The van der Waals surface area contributed by atoms with Crippen molar-refractivity contribution in [1.82, 2.24) is 15.1 Å². The molecule has 0 amide bonds. The highest BCUT2D eigenvalue weighted by Gasteiger charge is 2.14. The van der Waals surface area contributed by atoms with E-state index in [-0.39, 0.29) is 0 Å². The summed E-state index contributed by atoms with van der Waals surface area (Å²) in [6.07, 6.45) is 7.82. The van der Waals surface area contributed by atoms with Crippen LogP contribution >= 0.6 is 0 Å². The van der Waals surface area contributed by atoms with Crippen molar-refractivity contribution in [3.63, 3.8) is 0 Å². The molecule has 0 spiro atoms. The maximum atomic E-state index is 3.40. The van der Waals surface area contributed by atoms with E-state index in [1.165, 1.54) is 51.9 Å². The summed E-state index contributed by atoms with van der Waals surface area (Å²) in [5, 5.41) is 3.40. The number of nitrogens with zero attached hydrogens (tertiary/aromatic N) is 2. The largest absolute Gasteiger partial charge is 0.303 e. The fourth-order valence-electron chi connectivity index (χ4n) is 2.77. The zero-order valence-electron chi connectivity index (χ0n) is 11.2. The molecule has 2 aliphatic heterocycles. The van der Waals surface area contributed by atoms with Gasteiger partial charge in [0.15, 0.2) is 0 Å².